The number of nitriles is 1. The molecule has 0 N–H and O–H groups in total. The molecule has 1 aromatic carbocycles. The van der Waals surface area contributed by atoms with Gasteiger partial charge >= 0.3 is 0 Å². The molecule has 0 fully saturated rings. The Morgan fingerprint density at radius 3 is 2.88 bits per heavy atom. The van der Waals surface area contributed by atoms with E-state index in [1.165, 1.54) is 4.80 Å². The number of benzene rings is 1. The third-order valence-corrected chi connectivity index (χ3v) is 5.27. The van der Waals surface area contributed by atoms with Gasteiger partial charge in [0.25, 0.3) is 0 Å². The number of aromatic nitrogens is 8. The Bertz CT molecular complexity index is 1290. The lowest BCUT2D eigenvalue weighted by Gasteiger charge is -2.19. The number of ether oxygens (including phenoxy) is 1. The van der Waals surface area contributed by atoms with Crippen molar-refractivity contribution in [3.8, 4) is 29.0 Å². The number of anilines is 1. The summed E-state index contributed by atoms with van der Waals surface area (Å²) < 4.78 is 7.37. The normalized spacial score (nSPS) is 13.3. The van der Waals surface area contributed by atoms with Crippen molar-refractivity contribution in [2.45, 2.75) is 25.9 Å². The third kappa shape index (κ3) is 3.74. The Labute approximate surface area is 183 Å². The predicted molar refractivity (Wildman–Crippen MR) is 114 cm³/mol. The second kappa shape index (κ2) is 8.43. The number of hydrogen-bond donors (Lipinski definition) is 0. The first-order valence-corrected chi connectivity index (χ1v) is 10.2. The van der Waals surface area contributed by atoms with E-state index >= 15 is 0 Å². The Balaban J connectivity index is 1.42. The summed E-state index contributed by atoms with van der Waals surface area (Å²) in [4.78, 5) is 7.73. The number of tetrazole rings is 1. The zero-order valence-corrected chi connectivity index (χ0v) is 17.5. The molecule has 0 spiro atoms. The largest absolute Gasteiger partial charge is 0.481 e. The molecule has 0 aliphatic carbocycles. The van der Waals surface area contributed by atoms with E-state index in [9.17, 15) is 0 Å². The SMILES string of the molecule is COc1cc(-c2nnc3n2CCCCN3Cc2nnn(-c3cccc(C#N)c3)n2)ccn1. The van der Waals surface area contributed by atoms with Gasteiger partial charge in [0.15, 0.2) is 11.6 Å². The van der Waals surface area contributed by atoms with Crippen LogP contribution in [0.4, 0.5) is 5.95 Å². The maximum atomic E-state index is 9.12. The lowest BCUT2D eigenvalue weighted by Crippen LogP contribution is -2.26. The lowest BCUT2D eigenvalue weighted by molar-refractivity contribution is 0.398. The van der Waals surface area contributed by atoms with Gasteiger partial charge in [0, 0.05) is 30.9 Å². The Kier molecular flexibility index (Phi) is 5.17. The van der Waals surface area contributed by atoms with Gasteiger partial charge in [-0.05, 0) is 42.3 Å². The highest BCUT2D eigenvalue weighted by atomic mass is 16.5. The fourth-order valence-corrected chi connectivity index (χ4v) is 3.72. The van der Waals surface area contributed by atoms with Crippen LogP contribution in [-0.4, -0.2) is 53.6 Å². The van der Waals surface area contributed by atoms with Gasteiger partial charge in [-0.1, -0.05) is 6.07 Å². The summed E-state index contributed by atoms with van der Waals surface area (Å²) in [5, 5.41) is 30.9. The van der Waals surface area contributed by atoms with E-state index in [-0.39, 0.29) is 0 Å². The van der Waals surface area contributed by atoms with E-state index in [1.807, 2.05) is 18.2 Å². The fourth-order valence-electron chi connectivity index (χ4n) is 3.72. The maximum Gasteiger partial charge on any atom is 0.227 e. The van der Waals surface area contributed by atoms with E-state index in [0.29, 0.717) is 29.5 Å². The average molecular weight is 428 g/mol. The quantitative estimate of drug-likeness (QED) is 0.469. The molecule has 32 heavy (non-hydrogen) atoms. The van der Waals surface area contributed by atoms with Gasteiger partial charge < -0.3 is 9.64 Å². The Morgan fingerprint density at radius 1 is 1.09 bits per heavy atom. The van der Waals surface area contributed by atoms with Crippen LogP contribution in [0, 0.1) is 11.3 Å². The minimum Gasteiger partial charge on any atom is -0.481 e. The van der Waals surface area contributed by atoms with Crippen LogP contribution in [0.3, 0.4) is 0 Å². The summed E-state index contributed by atoms with van der Waals surface area (Å²) in [5.74, 6) is 2.65. The van der Waals surface area contributed by atoms with Crippen LogP contribution in [0.25, 0.3) is 17.1 Å². The molecule has 1 aliphatic rings. The summed E-state index contributed by atoms with van der Waals surface area (Å²) in [7, 11) is 1.59. The first-order chi connectivity index (χ1) is 15.7. The molecular formula is C21H20N10O. The number of methoxy groups -OCH3 is 1. The van der Waals surface area contributed by atoms with Crippen molar-refractivity contribution in [2.75, 3.05) is 18.6 Å². The van der Waals surface area contributed by atoms with E-state index in [1.54, 1.807) is 31.5 Å². The molecule has 0 bridgehead atoms. The molecule has 0 unspecified atom stereocenters. The van der Waals surface area contributed by atoms with E-state index < -0.39 is 0 Å². The van der Waals surface area contributed by atoms with Gasteiger partial charge in [-0.25, -0.2) is 4.98 Å². The van der Waals surface area contributed by atoms with Gasteiger partial charge in [0.2, 0.25) is 11.8 Å². The van der Waals surface area contributed by atoms with E-state index in [4.69, 9.17) is 10.00 Å². The summed E-state index contributed by atoms with van der Waals surface area (Å²) in [6.45, 7) is 2.09. The molecule has 0 atom stereocenters. The summed E-state index contributed by atoms with van der Waals surface area (Å²) in [6, 6.07) is 13.0. The second-order valence-corrected chi connectivity index (χ2v) is 7.35. The van der Waals surface area contributed by atoms with Crippen LogP contribution >= 0.6 is 0 Å². The minimum atomic E-state index is 0.454. The summed E-state index contributed by atoms with van der Waals surface area (Å²) >= 11 is 0. The van der Waals surface area contributed by atoms with Gasteiger partial charge in [-0.15, -0.1) is 25.2 Å². The van der Waals surface area contributed by atoms with Crippen molar-refractivity contribution in [3.63, 3.8) is 0 Å². The van der Waals surface area contributed by atoms with Gasteiger partial charge in [0.05, 0.1) is 31.0 Å². The molecule has 11 nitrogen and oxygen atoms in total. The highest BCUT2D eigenvalue weighted by Gasteiger charge is 2.23. The molecule has 0 saturated carbocycles. The van der Waals surface area contributed by atoms with Crippen molar-refractivity contribution in [3.05, 3.63) is 54.0 Å². The summed E-state index contributed by atoms with van der Waals surface area (Å²) in [6.07, 6.45) is 3.73. The van der Waals surface area contributed by atoms with E-state index in [2.05, 4.69) is 46.1 Å². The zero-order chi connectivity index (χ0) is 21.9. The van der Waals surface area contributed by atoms with Crippen molar-refractivity contribution in [1.29, 1.82) is 5.26 Å². The molecule has 4 heterocycles. The number of hydrogen-bond acceptors (Lipinski definition) is 9. The number of fused-ring (bicyclic) bond motifs is 1. The monoisotopic (exact) mass is 428 g/mol. The Morgan fingerprint density at radius 2 is 2.00 bits per heavy atom. The van der Waals surface area contributed by atoms with Crippen LogP contribution < -0.4 is 9.64 Å². The van der Waals surface area contributed by atoms with Crippen molar-refractivity contribution < 1.29 is 4.74 Å². The molecule has 0 saturated heterocycles. The number of nitrogens with zero attached hydrogens (tertiary/aromatic N) is 10. The average Bonchev–Trinajstić information content (AvgIpc) is 3.43. The molecular weight excluding hydrogens is 408 g/mol. The molecule has 3 aromatic heterocycles. The van der Waals surface area contributed by atoms with Crippen molar-refractivity contribution >= 4 is 5.95 Å². The number of pyridine rings is 1. The Hall–Kier alpha value is -4.33. The van der Waals surface area contributed by atoms with Crippen LogP contribution in [0.2, 0.25) is 0 Å². The number of rotatable bonds is 5. The minimum absolute atomic E-state index is 0.454. The van der Waals surface area contributed by atoms with Crippen LogP contribution in [0.15, 0.2) is 42.6 Å². The lowest BCUT2D eigenvalue weighted by atomic mass is 10.2. The first-order valence-electron chi connectivity index (χ1n) is 10.2. The van der Waals surface area contributed by atoms with Crippen molar-refractivity contribution in [2.24, 2.45) is 0 Å². The molecule has 160 valence electrons. The topological polar surface area (TPSA) is 123 Å². The molecule has 5 rings (SSSR count). The zero-order valence-electron chi connectivity index (χ0n) is 17.5. The van der Waals surface area contributed by atoms with Gasteiger partial charge in [-0.3, -0.25) is 4.57 Å². The predicted octanol–water partition coefficient (Wildman–Crippen LogP) is 2.00. The van der Waals surface area contributed by atoms with E-state index in [0.717, 1.165) is 43.3 Å². The molecule has 4 aromatic rings. The smallest absolute Gasteiger partial charge is 0.227 e. The standard InChI is InChI=1S/C21H20N10O/c1-32-19-12-16(7-8-23-19)20-25-26-21-29(9-2-3-10-30(20)21)14-18-24-28-31(27-18)17-6-4-5-15(11-17)13-22/h4-8,11-12H,2-3,9-10,14H2,1H3. The highest BCUT2D eigenvalue weighted by molar-refractivity contribution is 5.58. The van der Waals surface area contributed by atoms with Crippen LogP contribution in [-0.2, 0) is 13.1 Å². The molecule has 0 amide bonds. The molecule has 11 heteroatoms. The highest BCUT2D eigenvalue weighted by Crippen LogP contribution is 2.28. The third-order valence-electron chi connectivity index (χ3n) is 5.27. The fraction of sp³-hybridized carbons (Fsp3) is 0.286. The second-order valence-electron chi connectivity index (χ2n) is 7.35. The van der Waals surface area contributed by atoms with Crippen molar-refractivity contribution in [1.82, 2.24) is 40.0 Å². The van der Waals surface area contributed by atoms with Crippen LogP contribution in [0.1, 0.15) is 24.2 Å². The molecule has 0 radical (unpaired) electrons. The van der Waals surface area contributed by atoms with Gasteiger partial charge in [-0.2, -0.15) is 5.26 Å². The van der Waals surface area contributed by atoms with Crippen LogP contribution in [0.5, 0.6) is 5.88 Å². The molecule has 1 aliphatic heterocycles. The summed E-state index contributed by atoms with van der Waals surface area (Å²) in [5.41, 5.74) is 2.14. The van der Waals surface area contributed by atoms with Gasteiger partial charge in [0.1, 0.15) is 0 Å². The first kappa shape index (κ1) is 19.6. The maximum absolute atomic E-state index is 9.12.